The zero-order chi connectivity index (χ0) is 17.7. The Labute approximate surface area is 137 Å². The van der Waals surface area contributed by atoms with E-state index < -0.39 is 23.7 Å². The molecule has 0 spiro atoms. The minimum atomic E-state index is -1.23. The molecule has 0 saturated carbocycles. The van der Waals surface area contributed by atoms with Gasteiger partial charge in [0.25, 0.3) is 5.91 Å². The molecule has 4 N–H and O–H groups in total. The average Bonchev–Trinajstić information content (AvgIpc) is 3.00. The lowest BCUT2D eigenvalue weighted by Gasteiger charge is -2.10. The van der Waals surface area contributed by atoms with Crippen LogP contribution in [0.25, 0.3) is 11.1 Å². The summed E-state index contributed by atoms with van der Waals surface area (Å²) in [4.78, 5) is 22.7. The fraction of sp³-hybridized carbons (Fsp3) is 0.312. The van der Waals surface area contributed by atoms with Crippen molar-refractivity contribution in [1.29, 1.82) is 0 Å². The molecule has 0 aliphatic carbocycles. The third kappa shape index (κ3) is 4.17. The van der Waals surface area contributed by atoms with E-state index in [9.17, 15) is 14.0 Å². The molecule has 0 unspecified atom stereocenters. The van der Waals surface area contributed by atoms with Gasteiger partial charge in [0, 0.05) is 24.1 Å². The van der Waals surface area contributed by atoms with Crippen LogP contribution in [0.3, 0.4) is 0 Å². The summed E-state index contributed by atoms with van der Waals surface area (Å²) in [5, 5.41) is 14.8. The highest BCUT2D eigenvalue weighted by Gasteiger charge is 2.17. The Balaban J connectivity index is 2.23. The van der Waals surface area contributed by atoms with E-state index in [0.29, 0.717) is 23.3 Å². The average molecular weight is 335 g/mol. The second-order valence-corrected chi connectivity index (χ2v) is 5.30. The lowest BCUT2D eigenvalue weighted by Crippen LogP contribution is -2.42. The molecule has 128 valence electrons. The van der Waals surface area contributed by atoms with Gasteiger partial charge in [0.15, 0.2) is 0 Å². The Morgan fingerprint density at radius 2 is 2.17 bits per heavy atom. The number of halogens is 1. The van der Waals surface area contributed by atoms with Gasteiger partial charge in [-0.3, -0.25) is 9.59 Å². The number of carbonyl (C=O) groups excluding carboxylic acids is 1. The fourth-order valence-corrected chi connectivity index (χ4v) is 2.18. The van der Waals surface area contributed by atoms with E-state index in [1.807, 2.05) is 6.92 Å². The zero-order valence-electron chi connectivity index (χ0n) is 13.1. The molecule has 1 aromatic carbocycles. The van der Waals surface area contributed by atoms with Crippen LogP contribution in [0.5, 0.6) is 0 Å². The van der Waals surface area contributed by atoms with Crippen molar-refractivity contribution in [2.75, 3.05) is 6.54 Å². The molecular weight excluding hydrogens is 317 g/mol. The summed E-state index contributed by atoms with van der Waals surface area (Å²) in [6.45, 7) is 1.72. The first kappa shape index (κ1) is 17.6. The van der Waals surface area contributed by atoms with Crippen LogP contribution in [-0.2, 0) is 11.2 Å². The van der Waals surface area contributed by atoms with Gasteiger partial charge in [0.05, 0.1) is 6.20 Å². The highest BCUT2D eigenvalue weighted by Crippen LogP contribution is 2.26. The van der Waals surface area contributed by atoms with Crippen molar-refractivity contribution < 1.29 is 23.6 Å². The Hall–Kier alpha value is -2.74. The molecule has 0 saturated heterocycles. The number of carboxylic acid groups (broad SMARTS) is 1. The van der Waals surface area contributed by atoms with E-state index in [4.69, 9.17) is 15.4 Å². The highest BCUT2D eigenvalue weighted by molar-refractivity contribution is 5.95. The molecule has 2 rings (SSSR count). The van der Waals surface area contributed by atoms with Gasteiger partial charge >= 0.3 is 5.97 Å². The van der Waals surface area contributed by atoms with Crippen molar-refractivity contribution in [1.82, 2.24) is 10.5 Å². The number of hydrogen-bond acceptors (Lipinski definition) is 5. The second-order valence-electron chi connectivity index (χ2n) is 5.30. The second kappa shape index (κ2) is 7.69. The van der Waals surface area contributed by atoms with Crippen molar-refractivity contribution in [2.24, 2.45) is 5.73 Å². The van der Waals surface area contributed by atoms with Crippen LogP contribution in [0.2, 0.25) is 0 Å². The van der Waals surface area contributed by atoms with Gasteiger partial charge in [0.2, 0.25) is 0 Å². The molecule has 1 heterocycles. The fourth-order valence-electron chi connectivity index (χ4n) is 2.18. The minimum absolute atomic E-state index is 0.0613. The van der Waals surface area contributed by atoms with Gasteiger partial charge in [-0.1, -0.05) is 12.1 Å². The predicted molar refractivity (Wildman–Crippen MR) is 83.8 cm³/mol. The molecule has 8 heteroatoms. The standard InChI is InChI=1S/C16H18FN3O4/c1-2-3-14-12(7-20-24-14)9-4-10(6-11(17)5-9)15(21)19-8-13(18)16(22)23/h4-7,13H,2-3,8,18H2,1H3,(H,19,21)(H,22,23)/t13-/m1/s1. The molecule has 0 fully saturated rings. The molecule has 1 atom stereocenters. The van der Waals surface area contributed by atoms with Gasteiger partial charge < -0.3 is 20.7 Å². The molecule has 1 amide bonds. The van der Waals surface area contributed by atoms with E-state index >= 15 is 0 Å². The number of aryl methyl sites for hydroxylation is 1. The van der Waals surface area contributed by atoms with Gasteiger partial charge in [-0.2, -0.15) is 0 Å². The summed E-state index contributed by atoms with van der Waals surface area (Å²) in [7, 11) is 0. The number of hydrogen-bond donors (Lipinski definition) is 3. The first-order valence-corrected chi connectivity index (χ1v) is 7.43. The minimum Gasteiger partial charge on any atom is -0.480 e. The molecule has 0 aliphatic rings. The number of rotatable bonds is 7. The quantitative estimate of drug-likeness (QED) is 0.707. The summed E-state index contributed by atoms with van der Waals surface area (Å²) in [5.41, 5.74) is 6.47. The first-order chi connectivity index (χ1) is 11.4. The van der Waals surface area contributed by atoms with Crippen LogP contribution in [-0.4, -0.2) is 34.7 Å². The van der Waals surface area contributed by atoms with E-state index in [2.05, 4.69) is 10.5 Å². The number of nitrogens with one attached hydrogen (secondary N) is 1. The molecule has 2 aromatic rings. The first-order valence-electron chi connectivity index (χ1n) is 7.43. The Morgan fingerprint density at radius 3 is 2.83 bits per heavy atom. The molecule has 0 radical (unpaired) electrons. The maximum absolute atomic E-state index is 13.9. The van der Waals surface area contributed by atoms with Crippen LogP contribution in [0, 0.1) is 5.82 Å². The van der Waals surface area contributed by atoms with E-state index in [-0.39, 0.29) is 12.1 Å². The Bertz CT molecular complexity index is 745. The van der Waals surface area contributed by atoms with Gasteiger partial charge in [-0.05, 0) is 30.2 Å². The van der Waals surface area contributed by atoms with E-state index in [1.165, 1.54) is 18.3 Å². The summed E-state index contributed by atoms with van der Waals surface area (Å²) in [6.07, 6.45) is 2.95. The van der Waals surface area contributed by atoms with E-state index in [1.54, 1.807) is 0 Å². The topological polar surface area (TPSA) is 118 Å². The van der Waals surface area contributed by atoms with E-state index in [0.717, 1.165) is 12.5 Å². The van der Waals surface area contributed by atoms with Crippen LogP contribution < -0.4 is 11.1 Å². The number of aliphatic carboxylic acids is 1. The highest BCUT2D eigenvalue weighted by atomic mass is 19.1. The van der Waals surface area contributed by atoms with Crippen LogP contribution in [0.1, 0.15) is 29.5 Å². The van der Waals surface area contributed by atoms with Gasteiger partial charge in [-0.25, -0.2) is 4.39 Å². The Kier molecular flexibility index (Phi) is 5.64. The number of amides is 1. The molecule has 0 aliphatic heterocycles. The van der Waals surface area contributed by atoms with Crippen LogP contribution in [0.15, 0.2) is 28.9 Å². The number of nitrogens with two attached hydrogens (primary N) is 1. The summed E-state index contributed by atoms with van der Waals surface area (Å²) in [6, 6.07) is 2.62. The maximum Gasteiger partial charge on any atom is 0.322 e. The number of carbonyl (C=O) groups is 2. The monoisotopic (exact) mass is 335 g/mol. The number of nitrogens with zero attached hydrogens (tertiary/aromatic N) is 1. The molecule has 24 heavy (non-hydrogen) atoms. The summed E-state index contributed by atoms with van der Waals surface area (Å²) < 4.78 is 19.0. The van der Waals surface area contributed by atoms with Gasteiger partial charge in [-0.15, -0.1) is 0 Å². The summed E-state index contributed by atoms with van der Waals surface area (Å²) >= 11 is 0. The third-order valence-corrected chi connectivity index (χ3v) is 3.39. The number of aromatic nitrogens is 1. The normalized spacial score (nSPS) is 12.0. The van der Waals surface area contributed by atoms with Gasteiger partial charge in [0.1, 0.15) is 17.6 Å². The lowest BCUT2D eigenvalue weighted by atomic mass is 10.0. The van der Waals surface area contributed by atoms with Crippen molar-refractivity contribution in [3.63, 3.8) is 0 Å². The predicted octanol–water partition coefficient (Wildman–Crippen LogP) is 1.57. The largest absolute Gasteiger partial charge is 0.480 e. The summed E-state index contributed by atoms with van der Waals surface area (Å²) in [5.74, 6) is -1.82. The number of benzene rings is 1. The van der Waals surface area contributed by atoms with Crippen molar-refractivity contribution in [2.45, 2.75) is 25.8 Å². The van der Waals surface area contributed by atoms with Crippen LogP contribution >= 0.6 is 0 Å². The molecular formula is C16H18FN3O4. The van der Waals surface area contributed by atoms with Crippen molar-refractivity contribution >= 4 is 11.9 Å². The maximum atomic E-state index is 13.9. The van der Waals surface area contributed by atoms with Crippen molar-refractivity contribution in [3.05, 3.63) is 41.5 Å². The molecule has 0 bridgehead atoms. The molecule has 7 nitrogen and oxygen atoms in total. The molecule has 1 aromatic heterocycles. The SMILES string of the molecule is CCCc1oncc1-c1cc(F)cc(C(=O)NC[C@@H](N)C(=O)O)c1. The smallest absolute Gasteiger partial charge is 0.322 e. The zero-order valence-corrected chi connectivity index (χ0v) is 13.1. The third-order valence-electron chi connectivity index (χ3n) is 3.39. The number of carboxylic acids is 1. The Morgan fingerprint density at radius 1 is 1.42 bits per heavy atom. The van der Waals surface area contributed by atoms with Crippen molar-refractivity contribution in [3.8, 4) is 11.1 Å². The lowest BCUT2D eigenvalue weighted by molar-refractivity contribution is -0.138. The van der Waals surface area contributed by atoms with Crippen LogP contribution in [0.4, 0.5) is 4.39 Å².